The highest BCUT2D eigenvalue weighted by Gasteiger charge is 2.42. The maximum absolute atomic E-state index is 11.5. The lowest BCUT2D eigenvalue weighted by Gasteiger charge is -2.30. The summed E-state index contributed by atoms with van der Waals surface area (Å²) in [6, 6.07) is 0.227. The molecule has 0 bridgehead atoms. The third kappa shape index (κ3) is 1.92. The maximum atomic E-state index is 11.5. The van der Waals surface area contributed by atoms with Crippen LogP contribution in [-0.2, 0) is 9.53 Å². The summed E-state index contributed by atoms with van der Waals surface area (Å²) in [7, 11) is 1.73. The van der Waals surface area contributed by atoms with Gasteiger partial charge in [0, 0.05) is 25.0 Å². The number of hydrogen-bond donors (Lipinski definition) is 1. The molecule has 0 spiro atoms. The molecule has 1 aliphatic rings. The molecule has 82 valence electrons. The van der Waals surface area contributed by atoms with Crippen LogP contribution >= 0.6 is 0 Å². The Morgan fingerprint density at radius 1 is 1.36 bits per heavy atom. The topological polar surface area (TPSA) is 38.3 Å². The Morgan fingerprint density at radius 2 is 1.93 bits per heavy atom. The van der Waals surface area contributed by atoms with Gasteiger partial charge in [-0.1, -0.05) is 20.8 Å². The van der Waals surface area contributed by atoms with Gasteiger partial charge in [-0.25, -0.2) is 0 Å². The molecule has 0 saturated carbocycles. The van der Waals surface area contributed by atoms with Crippen molar-refractivity contribution in [2.75, 3.05) is 7.11 Å². The van der Waals surface area contributed by atoms with Crippen molar-refractivity contribution in [3.05, 3.63) is 0 Å². The van der Waals surface area contributed by atoms with Crippen LogP contribution in [0.2, 0.25) is 0 Å². The molecule has 0 aliphatic carbocycles. The van der Waals surface area contributed by atoms with Gasteiger partial charge in [0.25, 0.3) is 0 Å². The predicted octanol–water partition coefficient (Wildman–Crippen LogP) is 1.43. The highest BCUT2D eigenvalue weighted by molar-refractivity contribution is 5.81. The Bertz CT molecular complexity index is 215. The van der Waals surface area contributed by atoms with E-state index in [9.17, 15) is 4.79 Å². The number of carbonyl (C=O) groups excluding carboxylic acids is 1. The zero-order valence-electron chi connectivity index (χ0n) is 9.70. The molecule has 4 unspecified atom stereocenters. The monoisotopic (exact) mass is 199 g/mol. The molecule has 4 atom stereocenters. The summed E-state index contributed by atoms with van der Waals surface area (Å²) >= 11 is 0. The van der Waals surface area contributed by atoms with Crippen LogP contribution in [0.3, 0.4) is 0 Å². The molecule has 0 aromatic carbocycles. The summed E-state index contributed by atoms with van der Waals surface area (Å²) in [5.74, 6) is 0.970. The molecular formula is C11H21NO2. The summed E-state index contributed by atoms with van der Waals surface area (Å²) in [6.07, 6.45) is 0.166. The second kappa shape index (κ2) is 4.30. The predicted molar refractivity (Wildman–Crippen MR) is 55.9 cm³/mol. The van der Waals surface area contributed by atoms with Gasteiger partial charge < -0.3 is 10.1 Å². The number of amides is 1. The Morgan fingerprint density at radius 3 is 2.21 bits per heavy atom. The van der Waals surface area contributed by atoms with Crippen molar-refractivity contribution in [3.8, 4) is 0 Å². The van der Waals surface area contributed by atoms with E-state index in [1.807, 2.05) is 6.92 Å². The van der Waals surface area contributed by atoms with E-state index in [0.29, 0.717) is 11.8 Å². The van der Waals surface area contributed by atoms with E-state index in [1.165, 1.54) is 0 Å². The van der Waals surface area contributed by atoms with Crippen molar-refractivity contribution in [1.82, 2.24) is 5.32 Å². The maximum Gasteiger partial charge on any atom is 0.223 e. The number of ether oxygens (including phenoxy) is 1. The average molecular weight is 199 g/mol. The second-order valence-corrected chi connectivity index (χ2v) is 4.61. The first-order chi connectivity index (χ1) is 6.49. The molecule has 1 saturated heterocycles. The Labute approximate surface area is 86.2 Å². The molecule has 1 rings (SSSR count). The van der Waals surface area contributed by atoms with Crippen LogP contribution in [0.1, 0.15) is 27.7 Å². The molecule has 0 aromatic rings. The number of methoxy groups -OCH3 is 1. The summed E-state index contributed by atoms with van der Waals surface area (Å²) in [5, 5.41) is 2.97. The molecule has 1 amide bonds. The van der Waals surface area contributed by atoms with Crippen molar-refractivity contribution >= 4 is 5.91 Å². The average Bonchev–Trinajstić information content (AvgIpc) is 2.32. The fourth-order valence-electron chi connectivity index (χ4n) is 2.50. The first-order valence-electron chi connectivity index (χ1n) is 5.32. The summed E-state index contributed by atoms with van der Waals surface area (Å²) in [6.45, 7) is 8.31. The highest BCUT2D eigenvalue weighted by atomic mass is 16.5. The van der Waals surface area contributed by atoms with E-state index in [-0.39, 0.29) is 24.0 Å². The van der Waals surface area contributed by atoms with Gasteiger partial charge in [0.2, 0.25) is 5.91 Å². The first kappa shape index (κ1) is 11.5. The van der Waals surface area contributed by atoms with Crippen LogP contribution in [0, 0.1) is 17.8 Å². The molecule has 3 heteroatoms. The minimum absolute atomic E-state index is 0.0670. The fourth-order valence-corrected chi connectivity index (χ4v) is 2.50. The van der Waals surface area contributed by atoms with Crippen LogP contribution in [0.5, 0.6) is 0 Å². The Kier molecular flexibility index (Phi) is 3.53. The highest BCUT2D eigenvalue weighted by Crippen LogP contribution is 2.31. The zero-order chi connectivity index (χ0) is 10.9. The van der Waals surface area contributed by atoms with E-state index >= 15 is 0 Å². The molecule has 1 heterocycles. The van der Waals surface area contributed by atoms with Crippen LogP contribution in [0.15, 0.2) is 0 Å². The van der Waals surface area contributed by atoms with Crippen molar-refractivity contribution in [2.45, 2.75) is 39.8 Å². The standard InChI is InChI=1S/C11H21NO2/c1-6(2)10(14-5)9-7(3)11(13)12-8(9)4/h6-10H,1-5H3,(H,12,13). The summed E-state index contributed by atoms with van der Waals surface area (Å²) < 4.78 is 5.49. The summed E-state index contributed by atoms with van der Waals surface area (Å²) in [5.41, 5.74) is 0. The van der Waals surface area contributed by atoms with E-state index < -0.39 is 0 Å². The SMILES string of the molecule is COC(C(C)C)C1C(C)NC(=O)C1C. The van der Waals surface area contributed by atoms with Crippen LogP contribution in [0.4, 0.5) is 0 Å². The van der Waals surface area contributed by atoms with Gasteiger partial charge in [0.1, 0.15) is 0 Å². The van der Waals surface area contributed by atoms with Crippen LogP contribution < -0.4 is 5.32 Å². The molecule has 3 nitrogen and oxygen atoms in total. The second-order valence-electron chi connectivity index (χ2n) is 4.61. The quantitative estimate of drug-likeness (QED) is 0.746. The fraction of sp³-hybridized carbons (Fsp3) is 0.909. The van der Waals surface area contributed by atoms with Gasteiger partial charge in [-0.2, -0.15) is 0 Å². The van der Waals surface area contributed by atoms with E-state index in [4.69, 9.17) is 4.74 Å². The Balaban J connectivity index is 2.79. The largest absolute Gasteiger partial charge is 0.381 e. The third-order valence-corrected chi connectivity index (χ3v) is 3.25. The number of rotatable bonds is 3. The molecule has 1 N–H and O–H groups in total. The molecule has 1 aliphatic heterocycles. The molecule has 14 heavy (non-hydrogen) atoms. The lowest BCUT2D eigenvalue weighted by molar-refractivity contribution is -0.123. The molecule has 0 aromatic heterocycles. The Hall–Kier alpha value is -0.570. The van der Waals surface area contributed by atoms with E-state index in [1.54, 1.807) is 7.11 Å². The minimum Gasteiger partial charge on any atom is -0.381 e. The van der Waals surface area contributed by atoms with Crippen molar-refractivity contribution in [3.63, 3.8) is 0 Å². The molecule has 1 fully saturated rings. The van der Waals surface area contributed by atoms with Crippen LogP contribution in [-0.4, -0.2) is 25.2 Å². The zero-order valence-corrected chi connectivity index (χ0v) is 9.70. The number of nitrogens with one attached hydrogen (secondary N) is 1. The van der Waals surface area contributed by atoms with Gasteiger partial charge >= 0.3 is 0 Å². The minimum atomic E-state index is 0.0670. The lowest BCUT2D eigenvalue weighted by Crippen LogP contribution is -2.37. The molecule has 0 radical (unpaired) electrons. The van der Waals surface area contributed by atoms with Crippen molar-refractivity contribution < 1.29 is 9.53 Å². The van der Waals surface area contributed by atoms with Crippen LogP contribution in [0.25, 0.3) is 0 Å². The van der Waals surface area contributed by atoms with Crippen molar-refractivity contribution in [1.29, 1.82) is 0 Å². The number of carbonyl (C=O) groups is 1. The van der Waals surface area contributed by atoms with Gasteiger partial charge in [-0.15, -0.1) is 0 Å². The third-order valence-electron chi connectivity index (χ3n) is 3.25. The smallest absolute Gasteiger partial charge is 0.223 e. The van der Waals surface area contributed by atoms with Crippen molar-refractivity contribution in [2.24, 2.45) is 17.8 Å². The molecular weight excluding hydrogens is 178 g/mol. The number of hydrogen-bond acceptors (Lipinski definition) is 2. The normalized spacial score (nSPS) is 34.7. The first-order valence-corrected chi connectivity index (χ1v) is 5.32. The van der Waals surface area contributed by atoms with Gasteiger partial charge in [-0.3, -0.25) is 4.79 Å². The van der Waals surface area contributed by atoms with E-state index in [0.717, 1.165) is 0 Å². The van der Waals surface area contributed by atoms with Gasteiger partial charge in [0.15, 0.2) is 0 Å². The van der Waals surface area contributed by atoms with Gasteiger partial charge in [0.05, 0.1) is 6.10 Å². The van der Waals surface area contributed by atoms with E-state index in [2.05, 4.69) is 26.1 Å². The van der Waals surface area contributed by atoms with Gasteiger partial charge in [-0.05, 0) is 12.8 Å². The summed E-state index contributed by atoms with van der Waals surface area (Å²) in [4.78, 5) is 11.5. The lowest BCUT2D eigenvalue weighted by atomic mass is 9.82.